The lowest BCUT2D eigenvalue weighted by Gasteiger charge is -2.26. The predicted molar refractivity (Wildman–Crippen MR) is 162 cm³/mol. The quantitative estimate of drug-likeness (QED) is 0.249. The first-order chi connectivity index (χ1) is 20.4. The first-order valence-electron chi connectivity index (χ1n) is 13.2. The molecule has 5 rings (SSSR count). The highest BCUT2D eigenvalue weighted by molar-refractivity contribution is 7.07. The average Bonchev–Trinajstić information content (AvgIpc) is 3.30. The van der Waals surface area contributed by atoms with Gasteiger partial charge >= 0.3 is 5.97 Å². The molecule has 0 radical (unpaired) electrons. The normalized spacial score (nSPS) is 14.7. The number of esters is 1. The lowest BCUT2D eigenvalue weighted by atomic mass is 9.95. The maximum atomic E-state index is 14.1. The van der Waals surface area contributed by atoms with Gasteiger partial charge in [-0.1, -0.05) is 59.3 Å². The summed E-state index contributed by atoms with van der Waals surface area (Å²) in [6, 6.07) is 19.4. The van der Waals surface area contributed by atoms with Crippen LogP contribution in [0.1, 0.15) is 36.6 Å². The Labute approximate surface area is 251 Å². The first-order valence-corrected chi connectivity index (χ1v) is 14.4. The minimum Gasteiger partial charge on any atom is -0.497 e. The van der Waals surface area contributed by atoms with Gasteiger partial charge in [-0.2, -0.15) is 0 Å². The number of rotatable bonds is 9. The number of carbonyl (C=O) groups excluding carboxylic acids is 1. The fourth-order valence-corrected chi connectivity index (χ4v) is 6.00. The van der Waals surface area contributed by atoms with Gasteiger partial charge in [-0.3, -0.25) is 9.36 Å². The molecule has 8 nitrogen and oxygen atoms in total. The fourth-order valence-electron chi connectivity index (χ4n) is 4.77. The summed E-state index contributed by atoms with van der Waals surface area (Å²) in [5.74, 6) is 1.09. The molecule has 0 unspecified atom stereocenters. The Hall–Kier alpha value is -4.34. The molecule has 1 aliphatic heterocycles. The van der Waals surface area contributed by atoms with Crippen molar-refractivity contribution in [1.29, 1.82) is 0 Å². The number of halogens is 1. The van der Waals surface area contributed by atoms with Crippen LogP contribution in [0.2, 0.25) is 5.02 Å². The third-order valence-corrected chi connectivity index (χ3v) is 8.15. The van der Waals surface area contributed by atoms with Gasteiger partial charge in [-0.05, 0) is 44.2 Å². The van der Waals surface area contributed by atoms with E-state index in [1.807, 2.05) is 48.5 Å². The van der Waals surface area contributed by atoms with Gasteiger partial charge in [0, 0.05) is 27.8 Å². The largest absolute Gasteiger partial charge is 0.497 e. The molecule has 0 amide bonds. The summed E-state index contributed by atoms with van der Waals surface area (Å²) in [6.45, 7) is 3.92. The second-order valence-electron chi connectivity index (χ2n) is 9.33. The molecular weight excluding hydrogens is 576 g/mol. The van der Waals surface area contributed by atoms with E-state index in [1.165, 1.54) is 23.0 Å². The summed E-state index contributed by atoms with van der Waals surface area (Å²) >= 11 is 7.55. The van der Waals surface area contributed by atoms with Crippen LogP contribution < -0.4 is 29.1 Å². The number of ether oxygens (including phenoxy) is 4. The number of thiazole rings is 1. The van der Waals surface area contributed by atoms with Crippen LogP contribution in [0.5, 0.6) is 17.2 Å². The molecule has 10 heteroatoms. The number of benzene rings is 3. The number of nitrogens with zero attached hydrogens (tertiary/aromatic N) is 2. The number of methoxy groups -OCH3 is 2. The second-order valence-corrected chi connectivity index (χ2v) is 10.7. The van der Waals surface area contributed by atoms with Gasteiger partial charge in [0.1, 0.15) is 29.9 Å². The van der Waals surface area contributed by atoms with E-state index >= 15 is 0 Å². The highest BCUT2D eigenvalue weighted by atomic mass is 35.5. The number of hydrogen-bond acceptors (Lipinski definition) is 8. The standard InChI is InChI=1S/C32H29ClN2O6S/c1-5-40-31(37)28-19(2)34-32-35(29(28)23-15-14-22(38-3)17-26(23)39-4)30(36)27(42-32)16-20-10-7-9-13-25(20)41-18-21-11-6-8-12-24(21)33/h6-17,29H,5,18H2,1-4H3/b27-16-/t29-/m1/s1. The summed E-state index contributed by atoms with van der Waals surface area (Å²) in [5.41, 5.74) is 2.59. The van der Waals surface area contributed by atoms with Gasteiger partial charge < -0.3 is 18.9 Å². The summed E-state index contributed by atoms with van der Waals surface area (Å²) in [5, 5.41) is 0.616. The van der Waals surface area contributed by atoms with Crippen LogP contribution in [0.4, 0.5) is 0 Å². The highest BCUT2D eigenvalue weighted by Crippen LogP contribution is 2.37. The Kier molecular flexibility index (Phi) is 8.80. The number of carbonyl (C=O) groups is 1. The highest BCUT2D eigenvalue weighted by Gasteiger charge is 2.35. The molecule has 0 bridgehead atoms. The van der Waals surface area contributed by atoms with Crippen molar-refractivity contribution in [3.8, 4) is 17.2 Å². The smallest absolute Gasteiger partial charge is 0.338 e. The minimum absolute atomic E-state index is 0.178. The Morgan fingerprint density at radius 3 is 2.55 bits per heavy atom. The Morgan fingerprint density at radius 2 is 1.81 bits per heavy atom. The molecular formula is C32H29ClN2O6S. The molecule has 2 heterocycles. The molecule has 0 fully saturated rings. The molecule has 1 aliphatic rings. The van der Waals surface area contributed by atoms with Crippen LogP contribution >= 0.6 is 22.9 Å². The van der Waals surface area contributed by atoms with Gasteiger partial charge in [0.15, 0.2) is 4.80 Å². The monoisotopic (exact) mass is 604 g/mol. The van der Waals surface area contributed by atoms with Crippen molar-refractivity contribution >= 4 is 35.0 Å². The van der Waals surface area contributed by atoms with E-state index < -0.39 is 12.0 Å². The van der Waals surface area contributed by atoms with Crippen LogP contribution in [0.25, 0.3) is 6.08 Å². The van der Waals surface area contributed by atoms with E-state index in [0.717, 1.165) is 11.1 Å². The van der Waals surface area contributed by atoms with Gasteiger partial charge in [0.05, 0.1) is 36.6 Å². The first kappa shape index (κ1) is 29.2. The molecule has 0 spiro atoms. The summed E-state index contributed by atoms with van der Waals surface area (Å²) in [4.78, 5) is 32.4. The number of fused-ring (bicyclic) bond motifs is 1. The zero-order chi connectivity index (χ0) is 29.8. The van der Waals surface area contributed by atoms with Crippen molar-refractivity contribution in [3.63, 3.8) is 0 Å². The summed E-state index contributed by atoms with van der Waals surface area (Å²) in [6.07, 6.45) is 1.78. The molecule has 42 heavy (non-hydrogen) atoms. The molecule has 4 aromatic rings. The molecule has 0 aliphatic carbocycles. The lowest BCUT2D eigenvalue weighted by Crippen LogP contribution is -2.40. The Morgan fingerprint density at radius 1 is 1.05 bits per heavy atom. The van der Waals surface area contributed by atoms with Crippen molar-refractivity contribution in [1.82, 2.24) is 4.57 Å². The van der Waals surface area contributed by atoms with Gasteiger partial charge in [0.2, 0.25) is 0 Å². The zero-order valence-corrected chi connectivity index (χ0v) is 25.1. The van der Waals surface area contributed by atoms with Crippen molar-refractivity contribution < 1.29 is 23.7 Å². The van der Waals surface area contributed by atoms with Crippen LogP contribution in [0, 0.1) is 0 Å². The van der Waals surface area contributed by atoms with Crippen molar-refractivity contribution in [2.75, 3.05) is 20.8 Å². The number of hydrogen-bond donors (Lipinski definition) is 0. The molecule has 1 aromatic heterocycles. The summed E-state index contributed by atoms with van der Waals surface area (Å²) < 4.78 is 24.5. The fraction of sp³-hybridized carbons (Fsp3) is 0.219. The molecule has 1 atom stereocenters. The second kappa shape index (κ2) is 12.7. The van der Waals surface area contributed by atoms with Crippen molar-refractivity contribution in [2.24, 2.45) is 4.99 Å². The van der Waals surface area contributed by atoms with Crippen LogP contribution in [-0.2, 0) is 16.1 Å². The number of allylic oxidation sites excluding steroid dienone is 1. The molecule has 0 saturated carbocycles. The topological polar surface area (TPSA) is 88.4 Å². The third-order valence-electron chi connectivity index (χ3n) is 6.80. The number of para-hydroxylation sites is 1. The maximum absolute atomic E-state index is 14.1. The van der Waals surface area contributed by atoms with E-state index in [4.69, 9.17) is 30.5 Å². The van der Waals surface area contributed by atoms with E-state index in [0.29, 0.717) is 42.9 Å². The van der Waals surface area contributed by atoms with E-state index in [9.17, 15) is 9.59 Å². The lowest BCUT2D eigenvalue weighted by molar-refractivity contribution is -0.139. The summed E-state index contributed by atoms with van der Waals surface area (Å²) in [7, 11) is 3.09. The zero-order valence-electron chi connectivity index (χ0n) is 23.5. The van der Waals surface area contributed by atoms with E-state index in [1.54, 1.807) is 45.2 Å². The predicted octanol–water partition coefficient (Wildman–Crippen LogP) is 5.05. The molecule has 0 saturated heterocycles. The molecule has 0 N–H and O–H groups in total. The third kappa shape index (κ3) is 5.70. The Balaban J connectivity index is 1.64. The van der Waals surface area contributed by atoms with Gasteiger partial charge in [-0.25, -0.2) is 9.79 Å². The van der Waals surface area contributed by atoms with E-state index in [2.05, 4.69) is 4.99 Å². The molecule has 3 aromatic carbocycles. The van der Waals surface area contributed by atoms with Crippen LogP contribution in [0.3, 0.4) is 0 Å². The van der Waals surface area contributed by atoms with Gasteiger partial charge in [0.25, 0.3) is 5.56 Å². The van der Waals surface area contributed by atoms with Crippen LogP contribution in [0.15, 0.2) is 87.8 Å². The maximum Gasteiger partial charge on any atom is 0.338 e. The van der Waals surface area contributed by atoms with Gasteiger partial charge in [-0.15, -0.1) is 0 Å². The molecule has 216 valence electrons. The number of aromatic nitrogens is 1. The van der Waals surface area contributed by atoms with E-state index in [-0.39, 0.29) is 24.3 Å². The minimum atomic E-state index is -0.824. The van der Waals surface area contributed by atoms with Crippen LogP contribution in [-0.4, -0.2) is 31.4 Å². The van der Waals surface area contributed by atoms with Crippen molar-refractivity contribution in [3.05, 3.63) is 119 Å². The SMILES string of the molecule is CCOC(=O)C1=C(C)N=c2s/c(=C\c3ccccc3OCc3ccccc3Cl)c(=O)n2[C@@H]1c1ccc(OC)cc1OC. The average molecular weight is 605 g/mol. The van der Waals surface area contributed by atoms with Crippen molar-refractivity contribution in [2.45, 2.75) is 26.5 Å². The Bertz CT molecular complexity index is 1860.